The van der Waals surface area contributed by atoms with Crippen molar-refractivity contribution in [2.45, 2.75) is 31.6 Å². The van der Waals surface area contributed by atoms with E-state index in [1.165, 1.54) is 0 Å². The van der Waals surface area contributed by atoms with Crippen LogP contribution in [0.1, 0.15) is 25.5 Å². The molecular formula is C19H20BrNO4. The summed E-state index contributed by atoms with van der Waals surface area (Å²) in [7, 11) is 0. The molecule has 5 atom stereocenters. The zero-order chi connectivity index (χ0) is 17.8. The summed E-state index contributed by atoms with van der Waals surface area (Å²) in [6.45, 7) is 4.56. The van der Waals surface area contributed by atoms with E-state index in [1.807, 2.05) is 48.2 Å². The molecule has 25 heavy (non-hydrogen) atoms. The molecule has 4 rings (SSSR count). The molecule has 3 aliphatic heterocycles. The second-order valence-electron chi connectivity index (χ2n) is 6.85. The van der Waals surface area contributed by atoms with Crippen LogP contribution in [0.25, 0.3) is 0 Å². The van der Waals surface area contributed by atoms with E-state index in [0.717, 1.165) is 10.0 Å². The van der Waals surface area contributed by atoms with E-state index in [9.17, 15) is 9.59 Å². The average molecular weight is 406 g/mol. The maximum Gasteiger partial charge on any atom is 0.312 e. The minimum absolute atomic E-state index is 0.0275. The smallest absolute Gasteiger partial charge is 0.312 e. The molecule has 0 radical (unpaired) electrons. The number of carbonyl (C=O) groups is 2. The van der Waals surface area contributed by atoms with Gasteiger partial charge in [0.1, 0.15) is 11.5 Å². The summed E-state index contributed by atoms with van der Waals surface area (Å²) in [5.41, 5.74) is 0.363. The van der Waals surface area contributed by atoms with E-state index in [-0.39, 0.29) is 24.0 Å². The Balaban J connectivity index is 1.63. The number of esters is 1. The van der Waals surface area contributed by atoms with Crippen molar-refractivity contribution < 1.29 is 19.1 Å². The van der Waals surface area contributed by atoms with Crippen LogP contribution >= 0.6 is 15.9 Å². The molecule has 2 saturated heterocycles. The number of halogens is 1. The van der Waals surface area contributed by atoms with Crippen molar-refractivity contribution in [3.8, 4) is 0 Å². The monoisotopic (exact) mass is 405 g/mol. The van der Waals surface area contributed by atoms with Crippen LogP contribution in [0.15, 0.2) is 40.9 Å². The first-order valence-electron chi connectivity index (χ1n) is 8.56. The fourth-order valence-corrected chi connectivity index (χ4v) is 4.55. The summed E-state index contributed by atoms with van der Waals surface area (Å²) >= 11 is 3.43. The van der Waals surface area contributed by atoms with Crippen LogP contribution in [0.3, 0.4) is 0 Å². The SMILES string of the molecule is CCOC(=O)[C@@H]1[C@H]2C(=O)N([C@H](C)c3ccc(Br)cc3)C[C@]23C=C[C@H]1O3. The van der Waals surface area contributed by atoms with Crippen molar-refractivity contribution in [2.24, 2.45) is 11.8 Å². The lowest BCUT2D eigenvalue weighted by atomic mass is 9.77. The largest absolute Gasteiger partial charge is 0.466 e. The highest BCUT2D eigenvalue weighted by atomic mass is 79.9. The van der Waals surface area contributed by atoms with Crippen LogP contribution in [-0.2, 0) is 19.1 Å². The number of rotatable bonds is 4. The lowest BCUT2D eigenvalue weighted by Crippen LogP contribution is -2.40. The van der Waals surface area contributed by atoms with Crippen LogP contribution in [0.4, 0.5) is 0 Å². The molecule has 0 N–H and O–H groups in total. The zero-order valence-corrected chi connectivity index (χ0v) is 15.7. The fourth-order valence-electron chi connectivity index (χ4n) is 4.28. The highest BCUT2D eigenvalue weighted by molar-refractivity contribution is 9.10. The van der Waals surface area contributed by atoms with Crippen LogP contribution in [-0.4, -0.2) is 41.6 Å². The van der Waals surface area contributed by atoms with Gasteiger partial charge < -0.3 is 14.4 Å². The second kappa shape index (κ2) is 5.95. The Morgan fingerprint density at radius 1 is 1.44 bits per heavy atom. The molecule has 1 amide bonds. The molecule has 1 aromatic rings. The molecule has 2 bridgehead atoms. The predicted molar refractivity (Wildman–Crippen MR) is 94.6 cm³/mol. The molecule has 0 aromatic heterocycles. The van der Waals surface area contributed by atoms with E-state index in [4.69, 9.17) is 9.47 Å². The van der Waals surface area contributed by atoms with Gasteiger partial charge in [-0.1, -0.05) is 40.2 Å². The number of amides is 1. The van der Waals surface area contributed by atoms with Crippen LogP contribution in [0.5, 0.6) is 0 Å². The molecule has 3 aliphatic rings. The molecule has 132 valence electrons. The van der Waals surface area contributed by atoms with Gasteiger partial charge in [0.15, 0.2) is 0 Å². The summed E-state index contributed by atoms with van der Waals surface area (Å²) in [6.07, 6.45) is 3.52. The Morgan fingerprint density at radius 2 is 2.16 bits per heavy atom. The van der Waals surface area contributed by atoms with Crippen molar-refractivity contribution in [1.29, 1.82) is 0 Å². The molecular weight excluding hydrogens is 386 g/mol. The first-order chi connectivity index (χ1) is 12.0. The van der Waals surface area contributed by atoms with Crippen molar-refractivity contribution in [3.63, 3.8) is 0 Å². The molecule has 1 aromatic carbocycles. The maximum atomic E-state index is 13.2. The highest BCUT2D eigenvalue weighted by Crippen LogP contribution is 2.53. The summed E-state index contributed by atoms with van der Waals surface area (Å²) < 4.78 is 12.3. The minimum Gasteiger partial charge on any atom is -0.466 e. The predicted octanol–water partition coefficient (Wildman–Crippen LogP) is 2.86. The minimum atomic E-state index is -0.692. The Bertz CT molecular complexity index is 746. The summed E-state index contributed by atoms with van der Waals surface area (Å²) in [5.74, 6) is -1.39. The van der Waals surface area contributed by atoms with E-state index in [2.05, 4.69) is 15.9 Å². The van der Waals surface area contributed by atoms with E-state index < -0.39 is 17.4 Å². The van der Waals surface area contributed by atoms with Crippen molar-refractivity contribution in [3.05, 3.63) is 46.5 Å². The molecule has 6 heteroatoms. The normalized spacial score (nSPS) is 33.6. The molecule has 2 fully saturated rings. The Kier molecular flexibility index (Phi) is 4.00. The standard InChI is InChI=1S/C19H20BrNO4/c1-3-24-18(23)15-14-8-9-19(25-14)10-21(17(22)16(15)19)11(2)12-4-6-13(20)7-5-12/h4-9,11,14-16H,3,10H2,1-2H3/t11-,14-,15+,16+,19-/m1/s1. The number of carbonyl (C=O) groups excluding carboxylic acids is 2. The highest BCUT2D eigenvalue weighted by Gasteiger charge is 2.67. The van der Waals surface area contributed by atoms with Gasteiger partial charge in [-0.2, -0.15) is 0 Å². The van der Waals surface area contributed by atoms with Crippen molar-refractivity contribution in [1.82, 2.24) is 4.90 Å². The van der Waals surface area contributed by atoms with Crippen molar-refractivity contribution in [2.75, 3.05) is 13.2 Å². The molecule has 3 heterocycles. The van der Waals surface area contributed by atoms with E-state index in [1.54, 1.807) is 6.92 Å². The van der Waals surface area contributed by atoms with Gasteiger partial charge in [0.2, 0.25) is 5.91 Å². The third kappa shape index (κ3) is 2.46. The van der Waals surface area contributed by atoms with Crippen LogP contribution in [0.2, 0.25) is 0 Å². The van der Waals surface area contributed by atoms with Gasteiger partial charge in [0, 0.05) is 4.47 Å². The molecule has 0 unspecified atom stereocenters. The number of nitrogens with zero attached hydrogens (tertiary/aromatic N) is 1. The Morgan fingerprint density at radius 3 is 2.84 bits per heavy atom. The molecule has 1 spiro atoms. The molecule has 5 nitrogen and oxygen atoms in total. The fraction of sp³-hybridized carbons (Fsp3) is 0.474. The number of ether oxygens (including phenoxy) is 2. The summed E-state index contributed by atoms with van der Waals surface area (Å²) in [5, 5.41) is 0. The van der Waals surface area contributed by atoms with Gasteiger partial charge in [-0.3, -0.25) is 9.59 Å². The lowest BCUT2D eigenvalue weighted by Gasteiger charge is -2.27. The van der Waals surface area contributed by atoms with E-state index in [0.29, 0.717) is 13.2 Å². The van der Waals surface area contributed by atoms with Crippen LogP contribution in [0, 0.1) is 11.8 Å². The van der Waals surface area contributed by atoms with Gasteiger partial charge in [-0.25, -0.2) is 0 Å². The lowest BCUT2D eigenvalue weighted by molar-refractivity contribution is -0.153. The quantitative estimate of drug-likeness (QED) is 0.570. The number of likely N-dealkylation sites (tertiary alicyclic amines) is 1. The zero-order valence-electron chi connectivity index (χ0n) is 14.1. The van der Waals surface area contributed by atoms with Gasteiger partial charge in [0.25, 0.3) is 0 Å². The topological polar surface area (TPSA) is 55.8 Å². The first-order valence-corrected chi connectivity index (χ1v) is 9.36. The van der Waals surface area contributed by atoms with Gasteiger partial charge in [0.05, 0.1) is 31.2 Å². The Hall–Kier alpha value is -1.66. The van der Waals surface area contributed by atoms with Gasteiger partial charge >= 0.3 is 5.97 Å². The third-order valence-electron chi connectivity index (χ3n) is 5.51. The first kappa shape index (κ1) is 16.8. The number of benzene rings is 1. The summed E-state index contributed by atoms with van der Waals surface area (Å²) in [4.78, 5) is 27.4. The second-order valence-corrected chi connectivity index (χ2v) is 7.76. The molecule has 0 aliphatic carbocycles. The maximum absolute atomic E-state index is 13.2. The van der Waals surface area contributed by atoms with Gasteiger partial charge in [-0.15, -0.1) is 0 Å². The van der Waals surface area contributed by atoms with E-state index >= 15 is 0 Å². The number of hydrogen-bond donors (Lipinski definition) is 0. The number of hydrogen-bond acceptors (Lipinski definition) is 4. The number of fused-ring (bicyclic) bond motifs is 1. The summed E-state index contributed by atoms with van der Waals surface area (Å²) in [6, 6.07) is 7.86. The van der Waals surface area contributed by atoms with Gasteiger partial charge in [-0.05, 0) is 31.5 Å². The third-order valence-corrected chi connectivity index (χ3v) is 6.04. The Labute approximate surface area is 155 Å². The van der Waals surface area contributed by atoms with Crippen LogP contribution < -0.4 is 0 Å². The van der Waals surface area contributed by atoms with Crippen molar-refractivity contribution >= 4 is 27.8 Å². The molecule has 0 saturated carbocycles. The average Bonchev–Trinajstić information content (AvgIpc) is 3.23.